The lowest BCUT2D eigenvalue weighted by Crippen LogP contribution is -2.18. The topological polar surface area (TPSA) is 37.8 Å². The molecule has 4 heteroatoms. The molecule has 1 heterocycles. The predicted molar refractivity (Wildman–Crippen MR) is 52.6 cm³/mol. The van der Waals surface area contributed by atoms with E-state index >= 15 is 0 Å². The fourth-order valence-corrected chi connectivity index (χ4v) is 1.30. The highest BCUT2D eigenvalue weighted by atomic mass is 32.1. The molecule has 0 aliphatic carbocycles. The van der Waals surface area contributed by atoms with Gasteiger partial charge in [0.05, 0.1) is 0 Å². The van der Waals surface area contributed by atoms with Crippen LogP contribution in [0.1, 0.15) is 25.8 Å². The second kappa shape index (κ2) is 3.39. The van der Waals surface area contributed by atoms with Gasteiger partial charge in [-0.3, -0.25) is 0 Å². The smallest absolute Gasteiger partial charge is 0.205 e. The number of nitrogens with zero attached hydrogens (tertiary/aromatic N) is 2. The zero-order valence-electron chi connectivity index (χ0n) is 8.01. The molecule has 0 fully saturated rings. The van der Waals surface area contributed by atoms with Gasteiger partial charge in [-0.2, -0.15) is 0 Å². The number of hydrogen-bond acceptors (Lipinski definition) is 4. The van der Waals surface area contributed by atoms with E-state index < -0.39 is 0 Å². The van der Waals surface area contributed by atoms with Gasteiger partial charge in [0.1, 0.15) is 5.01 Å². The van der Waals surface area contributed by atoms with Crippen molar-refractivity contribution in [2.75, 3.05) is 11.9 Å². The van der Waals surface area contributed by atoms with Gasteiger partial charge < -0.3 is 5.32 Å². The lowest BCUT2D eigenvalue weighted by Gasteiger charge is -2.17. The van der Waals surface area contributed by atoms with Crippen LogP contribution in [-0.2, 0) is 0 Å². The molecule has 0 aliphatic heterocycles. The Kier molecular flexibility index (Phi) is 2.67. The Hall–Kier alpha value is -0.640. The summed E-state index contributed by atoms with van der Waals surface area (Å²) >= 11 is 1.60. The zero-order chi connectivity index (χ0) is 9.19. The normalized spacial score (nSPS) is 11.7. The van der Waals surface area contributed by atoms with Crippen molar-refractivity contribution in [1.82, 2.24) is 10.2 Å². The minimum absolute atomic E-state index is 0.291. The molecule has 0 aliphatic rings. The fourth-order valence-electron chi connectivity index (χ4n) is 0.709. The van der Waals surface area contributed by atoms with E-state index in [1.165, 1.54) is 0 Å². The van der Waals surface area contributed by atoms with E-state index in [-0.39, 0.29) is 0 Å². The zero-order valence-corrected chi connectivity index (χ0v) is 8.83. The highest BCUT2D eigenvalue weighted by Gasteiger charge is 2.10. The van der Waals surface area contributed by atoms with Crippen molar-refractivity contribution in [2.24, 2.45) is 5.41 Å². The number of nitrogens with one attached hydrogen (secondary N) is 1. The van der Waals surface area contributed by atoms with Crippen molar-refractivity contribution in [3.8, 4) is 0 Å². The molecule has 0 radical (unpaired) electrons. The monoisotopic (exact) mass is 185 g/mol. The van der Waals surface area contributed by atoms with E-state index in [1.54, 1.807) is 11.3 Å². The van der Waals surface area contributed by atoms with Gasteiger partial charge in [-0.15, -0.1) is 10.2 Å². The first-order valence-electron chi connectivity index (χ1n) is 4.01. The first kappa shape index (κ1) is 9.45. The summed E-state index contributed by atoms with van der Waals surface area (Å²) in [5.41, 5.74) is 0.291. The molecule has 0 atom stereocenters. The molecule has 0 aromatic carbocycles. The van der Waals surface area contributed by atoms with Crippen molar-refractivity contribution in [2.45, 2.75) is 27.7 Å². The van der Waals surface area contributed by atoms with Crippen molar-refractivity contribution >= 4 is 16.5 Å². The van der Waals surface area contributed by atoms with Crippen molar-refractivity contribution < 1.29 is 0 Å². The molecule has 1 rings (SSSR count). The number of aromatic nitrogens is 2. The third-order valence-electron chi connectivity index (χ3n) is 1.30. The van der Waals surface area contributed by atoms with Gasteiger partial charge in [-0.1, -0.05) is 32.1 Å². The molecule has 3 nitrogen and oxygen atoms in total. The molecule has 1 aromatic rings. The Bertz CT molecular complexity index is 249. The van der Waals surface area contributed by atoms with E-state index in [0.29, 0.717) is 5.41 Å². The summed E-state index contributed by atoms with van der Waals surface area (Å²) in [6.45, 7) is 9.46. The summed E-state index contributed by atoms with van der Waals surface area (Å²) < 4.78 is 0. The van der Waals surface area contributed by atoms with Crippen molar-refractivity contribution in [1.29, 1.82) is 0 Å². The summed E-state index contributed by atoms with van der Waals surface area (Å²) in [6, 6.07) is 0. The average molecular weight is 185 g/mol. The van der Waals surface area contributed by atoms with Gasteiger partial charge in [-0.25, -0.2) is 0 Å². The van der Waals surface area contributed by atoms with Crippen LogP contribution in [0.25, 0.3) is 0 Å². The van der Waals surface area contributed by atoms with Crippen molar-refractivity contribution in [3.63, 3.8) is 0 Å². The summed E-state index contributed by atoms with van der Waals surface area (Å²) in [5.74, 6) is 0. The molecular formula is C8H15N3S. The Morgan fingerprint density at radius 1 is 1.33 bits per heavy atom. The average Bonchev–Trinajstić information content (AvgIpc) is 2.30. The number of hydrogen-bond donors (Lipinski definition) is 1. The lowest BCUT2D eigenvalue weighted by atomic mass is 9.97. The largest absolute Gasteiger partial charge is 0.360 e. The van der Waals surface area contributed by atoms with Gasteiger partial charge in [0, 0.05) is 6.54 Å². The summed E-state index contributed by atoms with van der Waals surface area (Å²) in [4.78, 5) is 0. The van der Waals surface area contributed by atoms with Crippen LogP contribution in [0, 0.1) is 12.3 Å². The molecule has 1 N–H and O–H groups in total. The Balaban J connectivity index is 2.44. The third-order valence-corrected chi connectivity index (χ3v) is 2.09. The maximum atomic E-state index is 3.98. The van der Waals surface area contributed by atoms with Crippen LogP contribution in [0.2, 0.25) is 0 Å². The third kappa shape index (κ3) is 3.17. The van der Waals surface area contributed by atoms with E-state index in [2.05, 4.69) is 36.3 Å². The number of anilines is 1. The Labute approximate surface area is 77.2 Å². The van der Waals surface area contributed by atoms with Crippen LogP contribution < -0.4 is 5.32 Å². The van der Waals surface area contributed by atoms with Crippen LogP contribution in [0.5, 0.6) is 0 Å². The molecule has 1 aromatic heterocycles. The van der Waals surface area contributed by atoms with E-state index in [9.17, 15) is 0 Å². The number of aryl methyl sites for hydroxylation is 1. The van der Waals surface area contributed by atoms with Gasteiger partial charge >= 0.3 is 0 Å². The van der Waals surface area contributed by atoms with Gasteiger partial charge in [0.15, 0.2) is 0 Å². The second-order valence-corrected chi connectivity index (χ2v) is 5.22. The van der Waals surface area contributed by atoms with Gasteiger partial charge in [0.2, 0.25) is 5.13 Å². The van der Waals surface area contributed by atoms with Crippen LogP contribution in [0.4, 0.5) is 5.13 Å². The first-order valence-corrected chi connectivity index (χ1v) is 4.83. The highest BCUT2D eigenvalue weighted by Crippen LogP contribution is 2.17. The SMILES string of the molecule is Cc1nnc(NCC(C)(C)C)s1. The summed E-state index contributed by atoms with van der Waals surface area (Å²) in [5, 5.41) is 13.1. The molecule has 0 spiro atoms. The standard InChI is InChI=1S/C8H15N3S/c1-6-10-11-7(12-6)9-5-8(2,3)4/h5H2,1-4H3,(H,9,11). The minimum Gasteiger partial charge on any atom is -0.360 e. The maximum Gasteiger partial charge on any atom is 0.205 e. The second-order valence-electron chi connectivity index (χ2n) is 4.04. The summed E-state index contributed by atoms with van der Waals surface area (Å²) in [6.07, 6.45) is 0. The van der Waals surface area contributed by atoms with Crippen LogP contribution in [0.15, 0.2) is 0 Å². The molecule has 0 saturated carbocycles. The van der Waals surface area contributed by atoms with E-state index in [0.717, 1.165) is 16.7 Å². The Morgan fingerprint density at radius 3 is 2.42 bits per heavy atom. The number of rotatable bonds is 2. The quantitative estimate of drug-likeness (QED) is 0.768. The molecule has 12 heavy (non-hydrogen) atoms. The van der Waals surface area contributed by atoms with Crippen molar-refractivity contribution in [3.05, 3.63) is 5.01 Å². The molecule has 0 bridgehead atoms. The van der Waals surface area contributed by atoms with E-state index in [4.69, 9.17) is 0 Å². The van der Waals surface area contributed by atoms with Gasteiger partial charge in [0.25, 0.3) is 0 Å². The van der Waals surface area contributed by atoms with Crippen LogP contribution in [-0.4, -0.2) is 16.7 Å². The highest BCUT2D eigenvalue weighted by molar-refractivity contribution is 7.15. The molecule has 0 saturated heterocycles. The Morgan fingerprint density at radius 2 is 2.00 bits per heavy atom. The predicted octanol–water partition coefficient (Wildman–Crippen LogP) is 2.30. The fraction of sp³-hybridized carbons (Fsp3) is 0.750. The molecule has 68 valence electrons. The summed E-state index contributed by atoms with van der Waals surface area (Å²) in [7, 11) is 0. The van der Waals surface area contributed by atoms with Gasteiger partial charge in [-0.05, 0) is 12.3 Å². The minimum atomic E-state index is 0.291. The lowest BCUT2D eigenvalue weighted by molar-refractivity contribution is 0.443. The van der Waals surface area contributed by atoms with Crippen LogP contribution in [0.3, 0.4) is 0 Å². The van der Waals surface area contributed by atoms with Crippen LogP contribution >= 0.6 is 11.3 Å². The van der Waals surface area contributed by atoms with E-state index in [1.807, 2.05) is 6.92 Å². The molecular weight excluding hydrogens is 170 g/mol. The maximum absolute atomic E-state index is 3.98. The molecule has 0 unspecified atom stereocenters. The first-order chi connectivity index (χ1) is 5.47. The molecule has 0 amide bonds.